The van der Waals surface area contributed by atoms with Crippen LogP contribution >= 0.6 is 0 Å². The number of rotatable bonds is 5. The first kappa shape index (κ1) is 10.5. The fraction of sp³-hybridized carbons (Fsp3) is 0.276. The summed E-state index contributed by atoms with van der Waals surface area (Å²) in [5.41, 5.74) is 2.93. The molecule has 0 N–H and O–H groups in total. The molecule has 0 aliphatic rings. The van der Waals surface area contributed by atoms with E-state index in [1.807, 2.05) is 52.9 Å². The minimum absolute atomic E-state index is 0.351. The van der Waals surface area contributed by atoms with Crippen LogP contribution in [0.5, 0.6) is 0 Å². The molecule has 0 amide bonds. The summed E-state index contributed by atoms with van der Waals surface area (Å²) in [7, 11) is 0. The van der Waals surface area contributed by atoms with Crippen molar-refractivity contribution in [2.24, 2.45) is 11.8 Å². The molecule has 2 heterocycles. The van der Waals surface area contributed by atoms with E-state index >= 15 is 0 Å². The van der Waals surface area contributed by atoms with Crippen LogP contribution in [-0.4, -0.2) is 9.38 Å². The van der Waals surface area contributed by atoms with Crippen LogP contribution in [0.1, 0.15) is 55.0 Å². The van der Waals surface area contributed by atoms with Crippen molar-refractivity contribution in [2.45, 2.75) is 40.2 Å². The van der Waals surface area contributed by atoms with Crippen LogP contribution in [0.2, 0.25) is 0 Å². The first-order chi connectivity index (χ1) is 19.9. The Hall–Kier alpha value is -3.13. The van der Waals surface area contributed by atoms with Gasteiger partial charge in [0, 0.05) is 32.8 Å². The molecule has 2 aromatic heterocycles. The molecular weight excluding hydrogens is 376 g/mol. The second-order valence-corrected chi connectivity index (χ2v) is 7.83. The van der Waals surface area contributed by atoms with E-state index in [2.05, 4.69) is 0 Å². The predicted octanol–water partition coefficient (Wildman–Crippen LogP) is 7.70. The molecule has 0 aliphatic carbocycles. The lowest BCUT2D eigenvalue weighted by Gasteiger charge is -2.19. The molecule has 156 valence electrons. The van der Waals surface area contributed by atoms with Gasteiger partial charge in [0.05, 0.1) is 17.4 Å². The topological polar surface area (TPSA) is 17.3 Å². The SMILES string of the molecule is [2H]C([2H])([2H])C(Cc1cccc(CC(C([2H])([2H])[2H])C([2H])([2H])[2H])c1-c1cnc2c3ccccc3c3ccccc3n12)C([2H])([2H])[2H]. The highest BCUT2D eigenvalue weighted by atomic mass is 15.0. The highest BCUT2D eigenvalue weighted by Gasteiger charge is 2.19. The minimum Gasteiger partial charge on any atom is -0.292 e. The summed E-state index contributed by atoms with van der Waals surface area (Å²) in [4.78, 5) is 4.73. The summed E-state index contributed by atoms with van der Waals surface area (Å²) in [5.74, 6) is -3.43. The molecule has 0 bridgehead atoms. The molecule has 2 nitrogen and oxygen atoms in total. The van der Waals surface area contributed by atoms with E-state index in [9.17, 15) is 0 Å². The van der Waals surface area contributed by atoms with Gasteiger partial charge in [-0.3, -0.25) is 4.40 Å². The summed E-state index contributed by atoms with van der Waals surface area (Å²) in [6.45, 7) is -11.3. The largest absolute Gasteiger partial charge is 0.292 e. The van der Waals surface area contributed by atoms with Gasteiger partial charge in [0.15, 0.2) is 0 Å². The van der Waals surface area contributed by atoms with Gasteiger partial charge in [-0.25, -0.2) is 4.98 Å². The van der Waals surface area contributed by atoms with Crippen molar-refractivity contribution in [3.8, 4) is 11.3 Å². The highest BCUT2D eigenvalue weighted by Crippen LogP contribution is 2.36. The van der Waals surface area contributed by atoms with Crippen molar-refractivity contribution >= 4 is 27.3 Å². The third-order valence-electron chi connectivity index (χ3n) is 5.71. The van der Waals surface area contributed by atoms with E-state index in [1.54, 1.807) is 24.4 Å². The lowest BCUT2D eigenvalue weighted by Crippen LogP contribution is -2.05. The number of aromatic nitrogens is 2. The molecule has 2 heteroatoms. The van der Waals surface area contributed by atoms with Crippen LogP contribution in [0.25, 0.3) is 38.6 Å². The van der Waals surface area contributed by atoms with Crippen LogP contribution in [-0.2, 0) is 12.8 Å². The van der Waals surface area contributed by atoms with Gasteiger partial charge in [-0.05, 0) is 47.3 Å². The average Bonchev–Trinajstić information content (AvgIpc) is 3.33. The zero-order valence-electron chi connectivity index (χ0n) is 28.9. The molecule has 0 saturated carbocycles. The Balaban J connectivity index is 1.86. The van der Waals surface area contributed by atoms with E-state index in [0.717, 1.165) is 21.7 Å². The summed E-state index contributed by atoms with van der Waals surface area (Å²) >= 11 is 0. The van der Waals surface area contributed by atoms with Crippen molar-refractivity contribution < 1.29 is 16.4 Å². The Kier molecular flexibility index (Phi) is 2.65. The second kappa shape index (κ2) is 7.85. The number of benzene rings is 3. The summed E-state index contributed by atoms with van der Waals surface area (Å²) in [6.07, 6.45) is 0.845. The Labute approximate surface area is 201 Å². The van der Waals surface area contributed by atoms with Crippen LogP contribution in [0.3, 0.4) is 0 Å². The van der Waals surface area contributed by atoms with E-state index in [4.69, 9.17) is 21.4 Å². The zero-order valence-corrected chi connectivity index (χ0v) is 16.9. The number of nitrogens with zero attached hydrogens (tertiary/aromatic N) is 2. The molecule has 0 fully saturated rings. The van der Waals surface area contributed by atoms with Crippen molar-refractivity contribution in [1.29, 1.82) is 0 Å². The van der Waals surface area contributed by atoms with Crippen molar-refractivity contribution in [3.05, 3.63) is 84.1 Å². The summed E-state index contributed by atoms with van der Waals surface area (Å²) in [5, 5.41) is 2.72. The van der Waals surface area contributed by atoms with Gasteiger partial charge < -0.3 is 0 Å². The third-order valence-corrected chi connectivity index (χ3v) is 5.71. The maximum atomic E-state index is 8.01. The van der Waals surface area contributed by atoms with Crippen LogP contribution < -0.4 is 0 Å². The Morgan fingerprint density at radius 2 is 1.35 bits per heavy atom. The fourth-order valence-electron chi connectivity index (χ4n) is 4.53. The molecule has 5 aromatic rings. The third kappa shape index (κ3) is 3.40. The first-order valence-electron chi connectivity index (χ1n) is 16.3. The molecule has 31 heavy (non-hydrogen) atoms. The van der Waals surface area contributed by atoms with E-state index in [0.29, 0.717) is 28.0 Å². The molecule has 3 aromatic carbocycles. The first-order valence-corrected chi connectivity index (χ1v) is 10.3. The van der Waals surface area contributed by atoms with Crippen LogP contribution in [0.15, 0.2) is 72.9 Å². The molecule has 5 rings (SSSR count). The van der Waals surface area contributed by atoms with Crippen molar-refractivity contribution in [1.82, 2.24) is 9.38 Å². The lowest BCUT2D eigenvalue weighted by atomic mass is 9.89. The minimum atomic E-state index is -2.82. The average molecular weight is 419 g/mol. The molecule has 0 unspecified atom stereocenters. The smallest absolute Gasteiger partial charge is 0.145 e. The van der Waals surface area contributed by atoms with E-state index in [1.165, 1.54) is 0 Å². The van der Waals surface area contributed by atoms with Gasteiger partial charge in [-0.2, -0.15) is 0 Å². The van der Waals surface area contributed by atoms with Gasteiger partial charge in [0.1, 0.15) is 5.65 Å². The second-order valence-electron chi connectivity index (χ2n) is 7.83. The Morgan fingerprint density at radius 1 is 0.742 bits per heavy atom. The molecule has 0 spiro atoms. The molecule has 0 saturated heterocycles. The fourth-order valence-corrected chi connectivity index (χ4v) is 4.53. The monoisotopic (exact) mass is 418 g/mol. The van der Waals surface area contributed by atoms with E-state index < -0.39 is 39.2 Å². The summed E-state index contributed by atoms with van der Waals surface area (Å²) < 4.78 is 98.0. The van der Waals surface area contributed by atoms with Crippen molar-refractivity contribution in [3.63, 3.8) is 0 Å². The van der Waals surface area contributed by atoms with Crippen LogP contribution in [0.4, 0.5) is 0 Å². The number of pyridine rings is 1. The number of fused-ring (bicyclic) bond motifs is 6. The van der Waals surface area contributed by atoms with Gasteiger partial charge in [-0.15, -0.1) is 0 Å². The van der Waals surface area contributed by atoms with Crippen molar-refractivity contribution in [2.75, 3.05) is 0 Å². The van der Waals surface area contributed by atoms with Gasteiger partial charge >= 0.3 is 0 Å². The maximum absolute atomic E-state index is 8.01. The lowest BCUT2D eigenvalue weighted by molar-refractivity contribution is 0.637. The maximum Gasteiger partial charge on any atom is 0.145 e. The quantitative estimate of drug-likeness (QED) is 0.267. The van der Waals surface area contributed by atoms with Gasteiger partial charge in [-0.1, -0.05) is 88.1 Å². The van der Waals surface area contributed by atoms with E-state index in [-0.39, 0.29) is 12.8 Å². The standard InChI is InChI=1S/C29H30N2/c1-19(2)16-21-10-9-11-22(17-20(3)4)28(21)27-18-30-29-25-14-6-5-12-23(25)24-13-7-8-15-26(24)31(27)29/h5-15,18-20H,16-17H2,1-4H3/i1D3,2D3,3D3,4D3. The number of hydrogen-bond acceptors (Lipinski definition) is 1. The molecule has 0 aliphatic heterocycles. The number of hydrogen-bond donors (Lipinski definition) is 0. The van der Waals surface area contributed by atoms with Gasteiger partial charge in [0.25, 0.3) is 0 Å². The zero-order chi connectivity index (χ0) is 31.5. The Bertz CT molecular complexity index is 1710. The normalized spacial score (nSPS) is 19.4. The van der Waals surface area contributed by atoms with Gasteiger partial charge in [0.2, 0.25) is 0 Å². The Morgan fingerprint density at radius 3 is 2.03 bits per heavy atom. The molecule has 0 radical (unpaired) electrons. The number of para-hydroxylation sites is 1. The summed E-state index contributed by atoms with van der Waals surface area (Å²) in [6, 6.07) is 20.2. The highest BCUT2D eigenvalue weighted by molar-refractivity contribution is 6.12. The van der Waals surface area contributed by atoms with Crippen LogP contribution in [0, 0.1) is 11.8 Å². The number of imidazole rings is 1. The molecule has 0 atom stereocenters. The molecular formula is C29H30N2. The predicted molar refractivity (Wildman–Crippen MR) is 133 cm³/mol.